The first-order chi connectivity index (χ1) is 6.50. The van der Waals surface area contributed by atoms with Gasteiger partial charge < -0.3 is 10.5 Å². The van der Waals surface area contributed by atoms with E-state index in [4.69, 9.17) is 15.9 Å². The van der Waals surface area contributed by atoms with Crippen LogP contribution in [0.2, 0.25) is 0 Å². The van der Waals surface area contributed by atoms with Crippen molar-refractivity contribution in [2.45, 2.75) is 26.7 Å². The van der Waals surface area contributed by atoms with Crippen molar-refractivity contribution >= 4 is 17.6 Å². The van der Waals surface area contributed by atoms with Crippen LogP contribution < -0.4 is 5.73 Å². The Kier molecular flexibility index (Phi) is 7.01. The monoisotopic (exact) mass is 218 g/mol. The molecule has 0 aliphatic carbocycles. The molecule has 0 aromatic carbocycles. The molecule has 84 valence electrons. The average molecular weight is 218 g/mol. The number of rotatable bonds is 8. The SMILES string of the molecule is COCCCSCCC(C)(C)C(=N)N. The number of thioether (sulfide) groups is 1. The lowest BCUT2D eigenvalue weighted by Gasteiger charge is -2.22. The van der Waals surface area contributed by atoms with Gasteiger partial charge in [0.25, 0.3) is 0 Å². The zero-order valence-electron chi connectivity index (χ0n) is 9.43. The lowest BCUT2D eigenvalue weighted by molar-refractivity contribution is 0.200. The van der Waals surface area contributed by atoms with Crippen LogP contribution in [0, 0.1) is 10.8 Å². The van der Waals surface area contributed by atoms with Gasteiger partial charge in [0.1, 0.15) is 0 Å². The second kappa shape index (κ2) is 7.12. The minimum atomic E-state index is -0.145. The van der Waals surface area contributed by atoms with Gasteiger partial charge in [-0.25, -0.2) is 0 Å². The average Bonchev–Trinajstić information content (AvgIpc) is 2.10. The molecule has 0 aromatic heterocycles. The number of hydrogen-bond donors (Lipinski definition) is 2. The number of ether oxygens (including phenoxy) is 1. The fourth-order valence-corrected chi connectivity index (χ4v) is 2.05. The summed E-state index contributed by atoms with van der Waals surface area (Å²) in [6, 6.07) is 0. The zero-order valence-corrected chi connectivity index (χ0v) is 10.2. The van der Waals surface area contributed by atoms with Crippen LogP contribution in [0.1, 0.15) is 26.7 Å². The van der Waals surface area contributed by atoms with Gasteiger partial charge in [0.2, 0.25) is 0 Å². The highest BCUT2D eigenvalue weighted by molar-refractivity contribution is 7.99. The molecule has 0 spiro atoms. The molecule has 0 amide bonds. The number of nitrogens with one attached hydrogen (secondary N) is 1. The summed E-state index contributed by atoms with van der Waals surface area (Å²) >= 11 is 1.91. The van der Waals surface area contributed by atoms with E-state index in [0.29, 0.717) is 0 Å². The van der Waals surface area contributed by atoms with Gasteiger partial charge in [-0.2, -0.15) is 11.8 Å². The third-order valence-electron chi connectivity index (χ3n) is 2.24. The molecule has 14 heavy (non-hydrogen) atoms. The maximum atomic E-state index is 7.39. The molecule has 0 rings (SSSR count). The maximum absolute atomic E-state index is 7.39. The number of methoxy groups -OCH3 is 1. The van der Waals surface area contributed by atoms with E-state index >= 15 is 0 Å². The van der Waals surface area contributed by atoms with E-state index in [-0.39, 0.29) is 11.3 Å². The van der Waals surface area contributed by atoms with E-state index in [1.165, 1.54) is 0 Å². The zero-order chi connectivity index (χ0) is 11.0. The molecule has 0 unspecified atom stereocenters. The molecule has 0 bridgehead atoms. The van der Waals surface area contributed by atoms with Gasteiger partial charge >= 0.3 is 0 Å². The minimum Gasteiger partial charge on any atom is -0.387 e. The molecule has 0 saturated carbocycles. The van der Waals surface area contributed by atoms with E-state index in [1.54, 1.807) is 7.11 Å². The molecule has 0 aliphatic rings. The van der Waals surface area contributed by atoms with Crippen molar-refractivity contribution in [3.8, 4) is 0 Å². The van der Waals surface area contributed by atoms with E-state index in [9.17, 15) is 0 Å². The summed E-state index contributed by atoms with van der Waals surface area (Å²) in [5.74, 6) is 2.48. The Bertz CT molecular complexity index is 172. The normalized spacial score (nSPS) is 11.6. The molecule has 0 aliphatic heterocycles. The van der Waals surface area contributed by atoms with Crippen molar-refractivity contribution in [3.63, 3.8) is 0 Å². The third kappa shape index (κ3) is 6.27. The fourth-order valence-electron chi connectivity index (χ4n) is 0.869. The first-order valence-electron chi connectivity index (χ1n) is 4.92. The summed E-state index contributed by atoms with van der Waals surface area (Å²) in [5, 5.41) is 7.39. The summed E-state index contributed by atoms with van der Waals surface area (Å²) in [6.45, 7) is 4.87. The van der Waals surface area contributed by atoms with E-state index in [1.807, 2.05) is 25.6 Å². The van der Waals surface area contributed by atoms with Gasteiger partial charge in [0, 0.05) is 19.1 Å². The molecule has 0 aromatic rings. The third-order valence-corrected chi connectivity index (χ3v) is 3.31. The van der Waals surface area contributed by atoms with Crippen LogP contribution >= 0.6 is 11.8 Å². The second-order valence-corrected chi connectivity index (χ2v) is 5.23. The molecule has 3 N–H and O–H groups in total. The molecule has 0 atom stereocenters. The highest BCUT2D eigenvalue weighted by atomic mass is 32.2. The Hall–Kier alpha value is -0.220. The van der Waals surface area contributed by atoms with Crippen molar-refractivity contribution in [2.24, 2.45) is 11.1 Å². The van der Waals surface area contributed by atoms with Gasteiger partial charge in [-0.05, 0) is 24.3 Å². The molecule has 3 nitrogen and oxygen atoms in total. The largest absolute Gasteiger partial charge is 0.387 e. The molecule has 4 heteroatoms. The summed E-state index contributed by atoms with van der Waals surface area (Å²) in [7, 11) is 1.73. The van der Waals surface area contributed by atoms with Gasteiger partial charge in [0.05, 0.1) is 5.84 Å². The smallest absolute Gasteiger partial charge is 0.0963 e. The molecular formula is C10H22N2OS. The first kappa shape index (κ1) is 13.8. The molecule has 0 fully saturated rings. The number of nitrogens with two attached hydrogens (primary N) is 1. The van der Waals surface area contributed by atoms with Gasteiger partial charge in [-0.15, -0.1) is 0 Å². The van der Waals surface area contributed by atoms with Gasteiger partial charge in [-0.1, -0.05) is 13.8 Å². The Balaban J connectivity index is 3.40. The maximum Gasteiger partial charge on any atom is 0.0963 e. The van der Waals surface area contributed by atoms with Gasteiger partial charge in [0.15, 0.2) is 0 Å². The van der Waals surface area contributed by atoms with E-state index in [2.05, 4.69) is 0 Å². The summed E-state index contributed by atoms with van der Waals surface area (Å²) < 4.78 is 4.96. The quantitative estimate of drug-likeness (QED) is 0.373. The van der Waals surface area contributed by atoms with Crippen molar-refractivity contribution in [3.05, 3.63) is 0 Å². The molecule has 0 heterocycles. The summed E-state index contributed by atoms with van der Waals surface area (Å²) in [4.78, 5) is 0. The number of hydrogen-bond acceptors (Lipinski definition) is 3. The molecule has 0 saturated heterocycles. The van der Waals surface area contributed by atoms with E-state index < -0.39 is 0 Å². The topological polar surface area (TPSA) is 59.1 Å². The van der Waals surface area contributed by atoms with Crippen molar-refractivity contribution in [1.29, 1.82) is 5.41 Å². The Morgan fingerprint density at radius 3 is 2.57 bits per heavy atom. The van der Waals surface area contributed by atoms with Crippen LogP contribution in [0.3, 0.4) is 0 Å². The first-order valence-corrected chi connectivity index (χ1v) is 6.07. The van der Waals surface area contributed by atoms with Crippen LogP contribution in [0.5, 0.6) is 0 Å². The second-order valence-electron chi connectivity index (χ2n) is 4.01. The molecule has 0 radical (unpaired) electrons. The lowest BCUT2D eigenvalue weighted by atomic mass is 9.89. The van der Waals surface area contributed by atoms with Crippen molar-refractivity contribution in [1.82, 2.24) is 0 Å². The number of amidine groups is 1. The Morgan fingerprint density at radius 1 is 1.43 bits per heavy atom. The fraction of sp³-hybridized carbons (Fsp3) is 0.900. The highest BCUT2D eigenvalue weighted by Crippen LogP contribution is 2.22. The predicted molar refractivity (Wildman–Crippen MR) is 64.1 cm³/mol. The van der Waals surface area contributed by atoms with Crippen LogP contribution in [0.15, 0.2) is 0 Å². The molecular weight excluding hydrogens is 196 g/mol. The van der Waals surface area contributed by atoms with Gasteiger partial charge in [-0.3, -0.25) is 5.41 Å². The minimum absolute atomic E-state index is 0.145. The Morgan fingerprint density at radius 2 is 2.07 bits per heavy atom. The van der Waals surface area contributed by atoms with Crippen LogP contribution in [0.4, 0.5) is 0 Å². The van der Waals surface area contributed by atoms with Crippen molar-refractivity contribution in [2.75, 3.05) is 25.2 Å². The summed E-state index contributed by atoms with van der Waals surface area (Å²) in [6.07, 6.45) is 2.07. The van der Waals surface area contributed by atoms with Crippen LogP contribution in [-0.2, 0) is 4.74 Å². The standard InChI is InChI=1S/C10H22N2OS/c1-10(2,9(11)12)5-8-14-7-4-6-13-3/h4-8H2,1-3H3,(H3,11,12). The van der Waals surface area contributed by atoms with E-state index in [0.717, 1.165) is 31.0 Å². The van der Waals surface area contributed by atoms with Crippen molar-refractivity contribution < 1.29 is 4.74 Å². The summed E-state index contributed by atoms with van der Waals surface area (Å²) in [5.41, 5.74) is 5.34. The van der Waals surface area contributed by atoms with Crippen LogP contribution in [-0.4, -0.2) is 31.1 Å². The highest BCUT2D eigenvalue weighted by Gasteiger charge is 2.20. The predicted octanol–water partition coefficient (Wildman–Crippen LogP) is 2.11. The van der Waals surface area contributed by atoms with Crippen LogP contribution in [0.25, 0.3) is 0 Å². The lowest BCUT2D eigenvalue weighted by Crippen LogP contribution is -2.31. The Labute approximate surface area is 91.3 Å².